The normalized spacial score (nSPS) is 21.8. The molecule has 0 aliphatic carbocycles. The molecule has 1 atom stereocenters. The molecule has 1 aromatic carbocycles. The van der Waals surface area contributed by atoms with Crippen LogP contribution in [-0.4, -0.2) is 64.8 Å². The number of nitrogens with one attached hydrogen (secondary N) is 1. The minimum absolute atomic E-state index is 0.227. The lowest BCUT2D eigenvalue weighted by atomic mass is 9.92. The van der Waals surface area contributed by atoms with Gasteiger partial charge in [-0.1, -0.05) is 13.0 Å². The van der Waals surface area contributed by atoms with Crippen molar-refractivity contribution in [2.75, 3.05) is 32.7 Å². The van der Waals surface area contributed by atoms with Gasteiger partial charge in [-0.15, -0.1) is 0 Å². The highest BCUT2D eigenvalue weighted by molar-refractivity contribution is 5.75. The standard InChI is InChI=1S/C22H33N5O2/c1-2-27-11-3-4-19(27)15-23-22(28)8-6-17-9-12-26(13-10-17)16-18-5-7-20-21(14-18)25-29-24-20/h5,7,14,17,19H,2-4,6,8-13,15-16H2,1H3,(H,23,28). The molecule has 0 bridgehead atoms. The summed E-state index contributed by atoms with van der Waals surface area (Å²) >= 11 is 0. The summed E-state index contributed by atoms with van der Waals surface area (Å²) in [5, 5.41) is 11.0. The third-order valence-electron chi connectivity index (χ3n) is 6.65. The third-order valence-corrected chi connectivity index (χ3v) is 6.65. The number of nitrogens with zero attached hydrogens (tertiary/aromatic N) is 4. The zero-order valence-corrected chi connectivity index (χ0v) is 17.5. The van der Waals surface area contributed by atoms with Gasteiger partial charge in [0, 0.05) is 25.6 Å². The summed E-state index contributed by atoms with van der Waals surface area (Å²) in [6, 6.07) is 6.68. The van der Waals surface area contributed by atoms with Gasteiger partial charge in [0.15, 0.2) is 0 Å². The quantitative estimate of drug-likeness (QED) is 0.736. The molecule has 7 heteroatoms. The maximum atomic E-state index is 12.3. The smallest absolute Gasteiger partial charge is 0.220 e. The topological polar surface area (TPSA) is 74.5 Å². The van der Waals surface area contributed by atoms with E-state index in [0.717, 1.165) is 50.2 Å². The highest BCUT2D eigenvalue weighted by Crippen LogP contribution is 2.24. The number of carbonyl (C=O) groups excluding carboxylic acids is 1. The molecule has 1 aromatic heterocycles. The SMILES string of the molecule is CCN1CCCC1CNC(=O)CCC1CCN(Cc2ccc3nonc3c2)CC1. The van der Waals surface area contributed by atoms with E-state index in [1.165, 1.54) is 37.8 Å². The van der Waals surface area contributed by atoms with E-state index in [1.54, 1.807) is 0 Å². The van der Waals surface area contributed by atoms with Crippen LogP contribution in [0.4, 0.5) is 0 Å². The second-order valence-electron chi connectivity index (χ2n) is 8.57. The van der Waals surface area contributed by atoms with E-state index in [0.29, 0.717) is 18.4 Å². The average molecular weight is 400 g/mol. The molecule has 1 amide bonds. The summed E-state index contributed by atoms with van der Waals surface area (Å²) in [6.07, 6.45) is 6.50. The van der Waals surface area contributed by atoms with Crippen molar-refractivity contribution in [2.45, 2.75) is 58.0 Å². The molecule has 2 fully saturated rings. The molecule has 158 valence electrons. The molecule has 0 spiro atoms. The maximum absolute atomic E-state index is 12.3. The number of carbonyl (C=O) groups is 1. The fraction of sp³-hybridized carbons (Fsp3) is 0.682. The van der Waals surface area contributed by atoms with Crippen molar-refractivity contribution in [3.8, 4) is 0 Å². The Labute approximate surface area is 172 Å². The number of likely N-dealkylation sites (tertiary alicyclic amines) is 2. The molecular formula is C22H33N5O2. The van der Waals surface area contributed by atoms with Gasteiger partial charge in [-0.2, -0.15) is 0 Å². The van der Waals surface area contributed by atoms with Crippen molar-refractivity contribution in [3.05, 3.63) is 23.8 Å². The first-order valence-electron chi connectivity index (χ1n) is 11.2. The summed E-state index contributed by atoms with van der Waals surface area (Å²) in [6.45, 7) is 8.41. The minimum Gasteiger partial charge on any atom is -0.355 e. The van der Waals surface area contributed by atoms with E-state index in [1.807, 2.05) is 6.07 Å². The van der Waals surface area contributed by atoms with Crippen molar-refractivity contribution in [1.82, 2.24) is 25.4 Å². The van der Waals surface area contributed by atoms with Crippen LogP contribution < -0.4 is 5.32 Å². The van der Waals surface area contributed by atoms with Crippen molar-refractivity contribution in [2.24, 2.45) is 5.92 Å². The van der Waals surface area contributed by atoms with Crippen LogP contribution >= 0.6 is 0 Å². The van der Waals surface area contributed by atoms with Gasteiger partial charge in [0.25, 0.3) is 0 Å². The number of benzene rings is 1. The van der Waals surface area contributed by atoms with Crippen LogP contribution in [0.5, 0.6) is 0 Å². The van der Waals surface area contributed by atoms with Gasteiger partial charge in [-0.25, -0.2) is 4.63 Å². The molecule has 7 nitrogen and oxygen atoms in total. The van der Waals surface area contributed by atoms with Crippen LogP contribution in [0.2, 0.25) is 0 Å². The van der Waals surface area contributed by atoms with Crippen LogP contribution in [0.1, 0.15) is 51.0 Å². The largest absolute Gasteiger partial charge is 0.355 e. The summed E-state index contributed by atoms with van der Waals surface area (Å²) < 4.78 is 4.78. The second kappa shape index (κ2) is 9.67. The number of rotatable bonds is 8. The Morgan fingerprint density at radius 2 is 2.00 bits per heavy atom. The number of hydrogen-bond donors (Lipinski definition) is 1. The lowest BCUT2D eigenvalue weighted by molar-refractivity contribution is -0.121. The number of piperidine rings is 1. The Balaban J connectivity index is 1.14. The zero-order chi connectivity index (χ0) is 20.1. The lowest BCUT2D eigenvalue weighted by Crippen LogP contribution is -2.40. The number of likely N-dealkylation sites (N-methyl/N-ethyl adjacent to an activating group) is 1. The molecule has 1 unspecified atom stereocenters. The van der Waals surface area contributed by atoms with E-state index in [2.05, 4.69) is 44.5 Å². The molecule has 29 heavy (non-hydrogen) atoms. The highest BCUT2D eigenvalue weighted by atomic mass is 16.6. The lowest BCUT2D eigenvalue weighted by Gasteiger charge is -2.32. The first kappa shape index (κ1) is 20.3. The fourth-order valence-corrected chi connectivity index (χ4v) is 4.82. The average Bonchev–Trinajstić information content (AvgIpc) is 3.40. The molecule has 1 N–H and O–H groups in total. The van der Waals surface area contributed by atoms with E-state index >= 15 is 0 Å². The Kier molecular flexibility index (Phi) is 6.77. The number of hydrogen-bond acceptors (Lipinski definition) is 6. The fourth-order valence-electron chi connectivity index (χ4n) is 4.82. The molecule has 2 saturated heterocycles. The summed E-state index contributed by atoms with van der Waals surface area (Å²) in [5.41, 5.74) is 2.88. The predicted molar refractivity (Wildman–Crippen MR) is 112 cm³/mol. The van der Waals surface area contributed by atoms with Gasteiger partial charge in [0.05, 0.1) is 0 Å². The summed E-state index contributed by atoms with van der Waals surface area (Å²) in [5.74, 6) is 0.891. The number of amides is 1. The molecular weight excluding hydrogens is 366 g/mol. The highest BCUT2D eigenvalue weighted by Gasteiger charge is 2.24. The van der Waals surface area contributed by atoms with Gasteiger partial charge < -0.3 is 5.32 Å². The van der Waals surface area contributed by atoms with Crippen molar-refractivity contribution in [3.63, 3.8) is 0 Å². The molecule has 0 radical (unpaired) electrons. The Morgan fingerprint density at radius 1 is 1.17 bits per heavy atom. The number of fused-ring (bicyclic) bond motifs is 1. The monoisotopic (exact) mass is 399 g/mol. The zero-order valence-electron chi connectivity index (χ0n) is 17.5. The van der Waals surface area contributed by atoms with Gasteiger partial charge >= 0.3 is 0 Å². The van der Waals surface area contributed by atoms with Gasteiger partial charge in [0.2, 0.25) is 5.91 Å². The molecule has 4 rings (SSSR count). The van der Waals surface area contributed by atoms with Gasteiger partial charge in [-0.05, 0) is 92.2 Å². The Morgan fingerprint density at radius 3 is 2.83 bits per heavy atom. The maximum Gasteiger partial charge on any atom is 0.220 e. The Bertz CT molecular complexity index is 799. The van der Waals surface area contributed by atoms with E-state index in [9.17, 15) is 4.79 Å². The van der Waals surface area contributed by atoms with Crippen LogP contribution in [0.15, 0.2) is 22.8 Å². The summed E-state index contributed by atoms with van der Waals surface area (Å²) in [4.78, 5) is 17.2. The molecule has 2 aliphatic rings. The first-order valence-corrected chi connectivity index (χ1v) is 11.2. The molecule has 0 saturated carbocycles. The van der Waals surface area contributed by atoms with Crippen molar-refractivity contribution >= 4 is 16.9 Å². The van der Waals surface area contributed by atoms with E-state index in [4.69, 9.17) is 4.63 Å². The van der Waals surface area contributed by atoms with Crippen molar-refractivity contribution in [1.29, 1.82) is 0 Å². The third kappa shape index (κ3) is 5.34. The van der Waals surface area contributed by atoms with Crippen molar-refractivity contribution < 1.29 is 9.42 Å². The van der Waals surface area contributed by atoms with E-state index < -0.39 is 0 Å². The summed E-state index contributed by atoms with van der Waals surface area (Å²) in [7, 11) is 0. The molecule has 2 aromatic rings. The molecule has 3 heterocycles. The second-order valence-corrected chi connectivity index (χ2v) is 8.57. The van der Waals surface area contributed by atoms with Crippen LogP contribution in [0.3, 0.4) is 0 Å². The first-order chi connectivity index (χ1) is 14.2. The Hall–Kier alpha value is -1.99. The van der Waals surface area contributed by atoms with Gasteiger partial charge in [-0.3, -0.25) is 14.6 Å². The van der Waals surface area contributed by atoms with Gasteiger partial charge in [0.1, 0.15) is 11.0 Å². The predicted octanol–water partition coefficient (Wildman–Crippen LogP) is 2.82. The number of aromatic nitrogens is 2. The minimum atomic E-state index is 0.227. The molecule has 2 aliphatic heterocycles. The van der Waals surface area contributed by atoms with Crippen LogP contribution in [0.25, 0.3) is 11.0 Å². The van der Waals surface area contributed by atoms with Crippen LogP contribution in [-0.2, 0) is 11.3 Å². The van der Waals surface area contributed by atoms with E-state index in [-0.39, 0.29) is 5.91 Å². The van der Waals surface area contributed by atoms with Crippen LogP contribution in [0, 0.1) is 5.92 Å².